The summed E-state index contributed by atoms with van der Waals surface area (Å²) in [5, 5.41) is 0. The highest BCUT2D eigenvalue weighted by molar-refractivity contribution is 9.10. The molecule has 0 spiro atoms. The van der Waals surface area contributed by atoms with Gasteiger partial charge in [0.25, 0.3) is 0 Å². The molecule has 2 rings (SSSR count). The average Bonchev–Trinajstić information content (AvgIpc) is 2.74. The summed E-state index contributed by atoms with van der Waals surface area (Å²) in [5.74, 6) is -0.622. The van der Waals surface area contributed by atoms with Crippen molar-refractivity contribution in [2.75, 3.05) is 13.2 Å². The van der Waals surface area contributed by atoms with Gasteiger partial charge in [0.1, 0.15) is 6.61 Å². The number of hydrogen-bond donors (Lipinski definition) is 1. The van der Waals surface area contributed by atoms with Crippen molar-refractivity contribution in [3.8, 4) is 0 Å². The maximum Gasteiger partial charge on any atom is 0.313 e. The average molecular weight is 300 g/mol. The normalized spacial score (nSPS) is 23.6. The van der Waals surface area contributed by atoms with Crippen LogP contribution in [0.2, 0.25) is 0 Å². The third kappa shape index (κ3) is 3.06. The zero-order valence-electron chi connectivity index (χ0n) is 9.27. The van der Waals surface area contributed by atoms with Crippen LogP contribution in [-0.2, 0) is 20.9 Å². The summed E-state index contributed by atoms with van der Waals surface area (Å²) in [5.41, 5.74) is 6.68. The molecule has 4 nitrogen and oxygen atoms in total. The van der Waals surface area contributed by atoms with E-state index in [-0.39, 0.29) is 24.5 Å². The van der Waals surface area contributed by atoms with E-state index in [0.717, 1.165) is 10.0 Å². The first-order valence-corrected chi connectivity index (χ1v) is 6.21. The van der Waals surface area contributed by atoms with Crippen LogP contribution >= 0.6 is 15.9 Å². The van der Waals surface area contributed by atoms with Crippen molar-refractivity contribution in [1.29, 1.82) is 0 Å². The number of ether oxygens (including phenoxy) is 2. The summed E-state index contributed by atoms with van der Waals surface area (Å²) in [6.45, 7) is 1.04. The first-order chi connectivity index (χ1) is 8.18. The zero-order valence-corrected chi connectivity index (χ0v) is 10.9. The van der Waals surface area contributed by atoms with Crippen LogP contribution in [0, 0.1) is 5.92 Å². The van der Waals surface area contributed by atoms with Crippen LogP contribution in [0.5, 0.6) is 0 Å². The fraction of sp³-hybridized carbons (Fsp3) is 0.417. The monoisotopic (exact) mass is 299 g/mol. The highest BCUT2D eigenvalue weighted by atomic mass is 79.9. The Bertz CT molecular complexity index is 410. The number of carbonyl (C=O) groups is 1. The van der Waals surface area contributed by atoms with Crippen molar-refractivity contribution in [3.05, 3.63) is 34.3 Å². The summed E-state index contributed by atoms with van der Waals surface area (Å²) in [6, 6.07) is 7.38. The van der Waals surface area contributed by atoms with Crippen LogP contribution in [0.3, 0.4) is 0 Å². The van der Waals surface area contributed by atoms with E-state index < -0.39 is 0 Å². The lowest BCUT2D eigenvalue weighted by molar-refractivity contribution is -0.150. The molecule has 1 aliphatic rings. The summed E-state index contributed by atoms with van der Waals surface area (Å²) in [6.07, 6.45) is 0. The van der Waals surface area contributed by atoms with Crippen LogP contribution in [-0.4, -0.2) is 25.2 Å². The van der Waals surface area contributed by atoms with Crippen molar-refractivity contribution < 1.29 is 14.3 Å². The summed E-state index contributed by atoms with van der Waals surface area (Å²) < 4.78 is 11.3. The molecule has 2 unspecified atom stereocenters. The Hall–Kier alpha value is -0.910. The van der Waals surface area contributed by atoms with Crippen molar-refractivity contribution in [1.82, 2.24) is 0 Å². The van der Waals surface area contributed by atoms with E-state index in [0.29, 0.717) is 13.2 Å². The number of nitrogens with two attached hydrogens (primary N) is 1. The van der Waals surface area contributed by atoms with Gasteiger partial charge >= 0.3 is 5.97 Å². The largest absolute Gasteiger partial charge is 0.460 e. The Kier molecular flexibility index (Phi) is 4.15. The molecule has 1 saturated heterocycles. The van der Waals surface area contributed by atoms with Gasteiger partial charge < -0.3 is 15.2 Å². The molecule has 1 fully saturated rings. The van der Waals surface area contributed by atoms with Gasteiger partial charge in [-0.15, -0.1) is 0 Å². The molecule has 1 aromatic carbocycles. The fourth-order valence-corrected chi connectivity index (χ4v) is 2.08. The molecule has 1 aromatic rings. The minimum atomic E-state index is -0.336. The quantitative estimate of drug-likeness (QED) is 0.859. The van der Waals surface area contributed by atoms with Crippen LogP contribution in [0.15, 0.2) is 28.7 Å². The van der Waals surface area contributed by atoms with E-state index >= 15 is 0 Å². The van der Waals surface area contributed by atoms with E-state index in [1.165, 1.54) is 0 Å². The molecule has 0 aliphatic carbocycles. The summed E-state index contributed by atoms with van der Waals surface area (Å²) >= 11 is 3.40. The Morgan fingerprint density at radius 3 is 2.88 bits per heavy atom. The topological polar surface area (TPSA) is 61.5 Å². The van der Waals surface area contributed by atoms with Crippen molar-refractivity contribution in [2.24, 2.45) is 11.7 Å². The zero-order chi connectivity index (χ0) is 12.3. The van der Waals surface area contributed by atoms with Crippen molar-refractivity contribution in [3.63, 3.8) is 0 Å². The Morgan fingerprint density at radius 2 is 2.24 bits per heavy atom. The van der Waals surface area contributed by atoms with Gasteiger partial charge in [0.2, 0.25) is 0 Å². The molecule has 0 aromatic heterocycles. The lowest BCUT2D eigenvalue weighted by Crippen LogP contribution is -2.35. The fourth-order valence-electron chi connectivity index (χ4n) is 1.69. The van der Waals surface area contributed by atoms with E-state index in [2.05, 4.69) is 15.9 Å². The molecule has 0 bridgehead atoms. The first-order valence-electron chi connectivity index (χ1n) is 5.42. The van der Waals surface area contributed by atoms with E-state index in [1.807, 2.05) is 24.3 Å². The highest BCUT2D eigenvalue weighted by Gasteiger charge is 2.32. The highest BCUT2D eigenvalue weighted by Crippen LogP contribution is 2.19. The molecule has 1 aliphatic heterocycles. The number of rotatable bonds is 3. The van der Waals surface area contributed by atoms with Gasteiger partial charge in [0, 0.05) is 16.1 Å². The second-order valence-corrected chi connectivity index (χ2v) is 4.86. The molecular weight excluding hydrogens is 286 g/mol. The van der Waals surface area contributed by atoms with Gasteiger partial charge in [-0.05, 0) is 6.07 Å². The SMILES string of the molecule is NC1COCC1C(=O)OCc1ccccc1Br. The summed E-state index contributed by atoms with van der Waals surface area (Å²) in [4.78, 5) is 11.7. The van der Waals surface area contributed by atoms with E-state index in [4.69, 9.17) is 15.2 Å². The third-order valence-electron chi connectivity index (χ3n) is 2.76. The molecule has 0 amide bonds. The first kappa shape index (κ1) is 12.5. The molecule has 5 heteroatoms. The smallest absolute Gasteiger partial charge is 0.313 e. The van der Waals surface area contributed by atoms with Gasteiger partial charge in [-0.2, -0.15) is 0 Å². The predicted molar refractivity (Wildman–Crippen MR) is 66.2 cm³/mol. The van der Waals surface area contributed by atoms with Gasteiger partial charge in [-0.25, -0.2) is 0 Å². The number of esters is 1. The molecule has 17 heavy (non-hydrogen) atoms. The van der Waals surface area contributed by atoms with Crippen molar-refractivity contribution in [2.45, 2.75) is 12.6 Å². The molecule has 0 radical (unpaired) electrons. The van der Waals surface area contributed by atoms with Crippen molar-refractivity contribution >= 4 is 21.9 Å². The van der Waals surface area contributed by atoms with Crippen LogP contribution < -0.4 is 5.73 Å². The number of hydrogen-bond acceptors (Lipinski definition) is 4. The molecule has 92 valence electrons. The standard InChI is InChI=1S/C12H14BrNO3/c13-10-4-2-1-3-8(10)5-17-12(15)9-6-16-7-11(9)14/h1-4,9,11H,5-7,14H2. The van der Waals surface area contributed by atoms with Crippen LogP contribution in [0.1, 0.15) is 5.56 Å². The molecule has 2 atom stereocenters. The number of halogens is 1. The lowest BCUT2D eigenvalue weighted by Gasteiger charge is -2.13. The molecule has 1 heterocycles. The Morgan fingerprint density at radius 1 is 1.47 bits per heavy atom. The Balaban J connectivity index is 1.90. The second kappa shape index (κ2) is 5.62. The van der Waals surface area contributed by atoms with Gasteiger partial charge in [0.15, 0.2) is 0 Å². The number of carbonyl (C=O) groups excluding carboxylic acids is 1. The molecule has 0 saturated carbocycles. The number of benzene rings is 1. The van der Waals surface area contributed by atoms with Gasteiger partial charge in [-0.1, -0.05) is 34.1 Å². The molecule has 2 N–H and O–H groups in total. The van der Waals surface area contributed by atoms with E-state index in [1.54, 1.807) is 0 Å². The van der Waals surface area contributed by atoms with Gasteiger partial charge in [-0.3, -0.25) is 4.79 Å². The Labute approximate surface area is 108 Å². The summed E-state index contributed by atoms with van der Waals surface area (Å²) in [7, 11) is 0. The lowest BCUT2D eigenvalue weighted by atomic mass is 10.1. The van der Waals surface area contributed by atoms with Crippen LogP contribution in [0.25, 0.3) is 0 Å². The van der Waals surface area contributed by atoms with Crippen LogP contribution in [0.4, 0.5) is 0 Å². The molecular formula is C12H14BrNO3. The van der Waals surface area contributed by atoms with E-state index in [9.17, 15) is 4.79 Å². The maximum atomic E-state index is 11.7. The third-order valence-corrected chi connectivity index (χ3v) is 3.53. The minimum absolute atomic E-state index is 0.248. The maximum absolute atomic E-state index is 11.7. The second-order valence-electron chi connectivity index (χ2n) is 4.01. The minimum Gasteiger partial charge on any atom is -0.460 e. The van der Waals surface area contributed by atoms with Gasteiger partial charge in [0.05, 0.1) is 19.1 Å². The predicted octanol–water partition coefficient (Wildman–Crippen LogP) is 1.47.